The van der Waals surface area contributed by atoms with Crippen LogP contribution in [-0.4, -0.2) is 14.2 Å². The van der Waals surface area contributed by atoms with Gasteiger partial charge in [-0.2, -0.15) is 5.10 Å². The second-order valence-electron chi connectivity index (χ2n) is 10.9. The molecule has 0 bridgehead atoms. The predicted molar refractivity (Wildman–Crippen MR) is 154 cm³/mol. The third-order valence-corrected chi connectivity index (χ3v) is 8.55. The summed E-state index contributed by atoms with van der Waals surface area (Å²) in [7, 11) is 0. The molecule has 4 heterocycles. The van der Waals surface area contributed by atoms with Gasteiger partial charge in [-0.05, 0) is 64.7 Å². The third kappa shape index (κ3) is 2.34. The molecule has 1 aliphatic carbocycles. The highest BCUT2D eigenvalue weighted by molar-refractivity contribution is 6.18. The summed E-state index contributed by atoms with van der Waals surface area (Å²) in [6.45, 7) is 4.66. The molecule has 0 radical (unpaired) electrons. The highest BCUT2D eigenvalue weighted by atomic mass is 16.3. The zero-order valence-corrected chi connectivity index (χ0v) is 21.1. The molecule has 0 spiro atoms. The summed E-state index contributed by atoms with van der Waals surface area (Å²) in [5.41, 5.74) is 12.5. The van der Waals surface area contributed by atoms with Crippen LogP contribution in [0.15, 0.2) is 108 Å². The quantitative estimate of drug-likeness (QED) is 0.231. The van der Waals surface area contributed by atoms with Gasteiger partial charge in [0.15, 0.2) is 5.58 Å². The lowest BCUT2D eigenvalue weighted by molar-refractivity contribution is 0.660. The molecule has 0 amide bonds. The van der Waals surface area contributed by atoms with Crippen molar-refractivity contribution >= 4 is 49.4 Å². The van der Waals surface area contributed by atoms with Gasteiger partial charge in [0.2, 0.25) is 0 Å². The molecule has 4 heteroatoms. The minimum Gasteiger partial charge on any atom is -0.454 e. The first-order valence-electron chi connectivity index (χ1n) is 13.1. The Morgan fingerprint density at radius 3 is 2.39 bits per heavy atom. The van der Waals surface area contributed by atoms with Crippen molar-refractivity contribution in [1.82, 2.24) is 14.2 Å². The molecular weight excluding hydrogens is 466 g/mol. The topological polar surface area (TPSA) is 35.4 Å². The normalized spacial score (nSPS) is 14.3. The highest BCUT2D eigenvalue weighted by Crippen LogP contribution is 2.51. The van der Waals surface area contributed by atoms with E-state index in [0.29, 0.717) is 0 Å². The summed E-state index contributed by atoms with van der Waals surface area (Å²) in [6, 6.07) is 34.6. The minimum atomic E-state index is -0.0811. The molecule has 4 nitrogen and oxygen atoms in total. The van der Waals surface area contributed by atoms with Crippen molar-refractivity contribution in [2.24, 2.45) is 0 Å². The number of furan rings is 1. The highest BCUT2D eigenvalue weighted by Gasteiger charge is 2.36. The lowest BCUT2D eigenvalue weighted by atomic mass is 9.82. The van der Waals surface area contributed by atoms with Crippen LogP contribution in [0.3, 0.4) is 0 Å². The van der Waals surface area contributed by atoms with E-state index in [1.54, 1.807) is 0 Å². The molecule has 4 aromatic carbocycles. The van der Waals surface area contributed by atoms with Gasteiger partial charge in [0.1, 0.15) is 11.1 Å². The number of hydrogen-bond acceptors (Lipinski definition) is 2. The Bertz CT molecular complexity index is 2270. The lowest BCUT2D eigenvalue weighted by Crippen LogP contribution is -2.14. The first-order chi connectivity index (χ1) is 18.6. The lowest BCUT2D eigenvalue weighted by Gasteiger charge is -2.21. The number of rotatable bonds is 1. The largest absolute Gasteiger partial charge is 0.454 e. The standard InChI is InChI=1S/C34H23N3O/c1-34(2)25-13-6-3-10-20(25)23-19-29-24(18-26(23)34)33-32(22-12-5-8-16-30(22)38-33)37(29)28-15-9-17-36-31(28)21-11-4-7-14-27(21)35-36/h3-19H,1-2H3. The third-order valence-electron chi connectivity index (χ3n) is 8.55. The van der Waals surface area contributed by atoms with E-state index < -0.39 is 0 Å². The fourth-order valence-corrected chi connectivity index (χ4v) is 6.80. The summed E-state index contributed by atoms with van der Waals surface area (Å²) in [4.78, 5) is 0. The number of benzene rings is 4. The number of aromatic nitrogens is 3. The van der Waals surface area contributed by atoms with Crippen LogP contribution in [0, 0.1) is 0 Å². The number of para-hydroxylation sites is 1. The first-order valence-corrected chi connectivity index (χ1v) is 13.1. The molecule has 9 rings (SSSR count). The van der Waals surface area contributed by atoms with Crippen LogP contribution in [0.1, 0.15) is 25.0 Å². The molecule has 0 N–H and O–H groups in total. The van der Waals surface area contributed by atoms with Gasteiger partial charge in [0.25, 0.3) is 0 Å². The van der Waals surface area contributed by atoms with Crippen LogP contribution in [0.5, 0.6) is 0 Å². The van der Waals surface area contributed by atoms with Crippen LogP contribution in [0.2, 0.25) is 0 Å². The summed E-state index contributed by atoms with van der Waals surface area (Å²) in [6.07, 6.45) is 2.03. The average Bonchev–Trinajstić information content (AvgIpc) is 3.65. The van der Waals surface area contributed by atoms with Crippen LogP contribution in [0.4, 0.5) is 0 Å². The maximum absolute atomic E-state index is 6.61. The van der Waals surface area contributed by atoms with Crippen LogP contribution in [0.25, 0.3) is 66.2 Å². The summed E-state index contributed by atoms with van der Waals surface area (Å²) in [5.74, 6) is 0. The maximum Gasteiger partial charge on any atom is 0.161 e. The summed E-state index contributed by atoms with van der Waals surface area (Å²) >= 11 is 0. The van der Waals surface area contributed by atoms with Crippen molar-refractivity contribution in [1.29, 1.82) is 0 Å². The summed E-state index contributed by atoms with van der Waals surface area (Å²) in [5, 5.41) is 8.28. The molecular formula is C34H23N3O. The Morgan fingerprint density at radius 2 is 1.47 bits per heavy atom. The average molecular weight is 490 g/mol. The molecule has 1 aliphatic rings. The van der Waals surface area contributed by atoms with E-state index in [1.165, 1.54) is 22.3 Å². The van der Waals surface area contributed by atoms with E-state index in [4.69, 9.17) is 9.52 Å². The molecule has 0 atom stereocenters. The van der Waals surface area contributed by atoms with Gasteiger partial charge in [-0.1, -0.05) is 68.4 Å². The Hall–Kier alpha value is -4.83. The van der Waals surface area contributed by atoms with Crippen molar-refractivity contribution in [3.63, 3.8) is 0 Å². The van der Waals surface area contributed by atoms with Crippen LogP contribution in [-0.2, 0) is 5.41 Å². The monoisotopic (exact) mass is 489 g/mol. The number of pyridine rings is 1. The van der Waals surface area contributed by atoms with Gasteiger partial charge < -0.3 is 8.98 Å². The van der Waals surface area contributed by atoms with Gasteiger partial charge >= 0.3 is 0 Å². The van der Waals surface area contributed by atoms with Crippen molar-refractivity contribution in [2.75, 3.05) is 0 Å². The van der Waals surface area contributed by atoms with Gasteiger partial charge in [-0.3, -0.25) is 0 Å². The van der Waals surface area contributed by atoms with Gasteiger partial charge in [-0.25, -0.2) is 4.52 Å². The van der Waals surface area contributed by atoms with Crippen molar-refractivity contribution in [3.8, 4) is 16.8 Å². The molecule has 0 saturated heterocycles. The second-order valence-corrected chi connectivity index (χ2v) is 10.9. The molecule has 0 aliphatic heterocycles. The zero-order valence-electron chi connectivity index (χ0n) is 21.1. The van der Waals surface area contributed by atoms with E-state index in [-0.39, 0.29) is 5.41 Å². The Morgan fingerprint density at radius 1 is 0.684 bits per heavy atom. The van der Waals surface area contributed by atoms with Crippen LogP contribution >= 0.6 is 0 Å². The molecule has 38 heavy (non-hydrogen) atoms. The molecule has 8 aromatic rings. The van der Waals surface area contributed by atoms with Gasteiger partial charge in [0, 0.05) is 27.8 Å². The fourth-order valence-electron chi connectivity index (χ4n) is 6.80. The number of hydrogen-bond donors (Lipinski definition) is 0. The Balaban J connectivity index is 1.51. The Labute approximate surface area is 218 Å². The minimum absolute atomic E-state index is 0.0811. The van der Waals surface area contributed by atoms with Crippen molar-refractivity contribution in [3.05, 3.63) is 114 Å². The van der Waals surface area contributed by atoms with E-state index in [1.807, 2.05) is 22.8 Å². The second kappa shape index (κ2) is 6.73. The Kier molecular flexibility index (Phi) is 3.58. The van der Waals surface area contributed by atoms with E-state index >= 15 is 0 Å². The molecule has 180 valence electrons. The molecule has 0 fully saturated rings. The molecule has 4 aromatic heterocycles. The van der Waals surface area contributed by atoms with E-state index in [2.05, 4.69) is 103 Å². The molecule has 0 saturated carbocycles. The van der Waals surface area contributed by atoms with Crippen molar-refractivity contribution in [2.45, 2.75) is 19.3 Å². The zero-order chi connectivity index (χ0) is 25.2. The number of nitrogens with zero attached hydrogens (tertiary/aromatic N) is 3. The van der Waals surface area contributed by atoms with Gasteiger partial charge in [-0.15, -0.1) is 0 Å². The SMILES string of the molecule is CC1(C)c2ccccc2-c2cc3c(cc21)c1oc2ccccc2c1n3-c1cccn2nc3ccccc3c12. The van der Waals surface area contributed by atoms with E-state index in [0.717, 1.165) is 55.1 Å². The van der Waals surface area contributed by atoms with Gasteiger partial charge in [0.05, 0.1) is 22.2 Å². The smallest absolute Gasteiger partial charge is 0.161 e. The van der Waals surface area contributed by atoms with E-state index in [9.17, 15) is 0 Å². The summed E-state index contributed by atoms with van der Waals surface area (Å²) < 4.78 is 11.0. The first kappa shape index (κ1) is 20.3. The predicted octanol–water partition coefficient (Wildman–Crippen LogP) is 8.64. The van der Waals surface area contributed by atoms with Crippen molar-refractivity contribution < 1.29 is 4.42 Å². The number of fused-ring (bicyclic) bond motifs is 11. The van der Waals surface area contributed by atoms with Crippen LogP contribution < -0.4 is 0 Å². The maximum atomic E-state index is 6.61. The molecule has 0 unspecified atom stereocenters. The fraction of sp³-hybridized carbons (Fsp3) is 0.0882.